The summed E-state index contributed by atoms with van der Waals surface area (Å²) in [5, 5.41) is 6.43. The SMILES string of the molecule is O=C(CC1NC(=O)N(CCc2c[nH]c3ccccc23)C1=O)NCc1cccnc1. The Morgan fingerprint density at radius 1 is 1.17 bits per heavy atom. The first-order valence-electron chi connectivity index (χ1n) is 9.44. The predicted octanol–water partition coefficient (Wildman–Crippen LogP) is 1.73. The maximum Gasteiger partial charge on any atom is 0.324 e. The van der Waals surface area contributed by atoms with Crippen molar-refractivity contribution in [2.24, 2.45) is 0 Å². The van der Waals surface area contributed by atoms with Crippen LogP contribution in [0.2, 0.25) is 0 Å². The molecule has 0 bridgehead atoms. The third-order valence-corrected chi connectivity index (χ3v) is 4.99. The standard InChI is InChI=1S/C21H21N5O3/c27-19(24-12-14-4-3-8-22-11-14)10-18-20(28)26(21(29)25-18)9-7-15-13-23-17-6-2-1-5-16(15)17/h1-6,8,11,13,18,23H,7,9-10,12H2,(H,24,27)(H,25,29). The number of aromatic nitrogens is 2. The number of amides is 4. The number of fused-ring (bicyclic) bond motifs is 1. The van der Waals surface area contributed by atoms with Gasteiger partial charge in [0.15, 0.2) is 0 Å². The summed E-state index contributed by atoms with van der Waals surface area (Å²) in [6.45, 7) is 0.589. The summed E-state index contributed by atoms with van der Waals surface area (Å²) in [6.07, 6.45) is 5.67. The maximum atomic E-state index is 12.6. The van der Waals surface area contributed by atoms with Gasteiger partial charge in [-0.1, -0.05) is 24.3 Å². The van der Waals surface area contributed by atoms with Crippen LogP contribution >= 0.6 is 0 Å². The van der Waals surface area contributed by atoms with Crippen molar-refractivity contribution in [2.45, 2.75) is 25.4 Å². The van der Waals surface area contributed by atoms with Crippen LogP contribution in [0.1, 0.15) is 17.5 Å². The zero-order chi connectivity index (χ0) is 20.2. The number of benzene rings is 1. The number of carbonyl (C=O) groups is 3. The Bertz CT molecular complexity index is 1050. The van der Waals surface area contributed by atoms with Crippen LogP contribution in [0.25, 0.3) is 10.9 Å². The average Bonchev–Trinajstić information content (AvgIpc) is 3.26. The lowest BCUT2D eigenvalue weighted by atomic mass is 10.1. The summed E-state index contributed by atoms with van der Waals surface area (Å²) in [5.41, 5.74) is 2.92. The Morgan fingerprint density at radius 3 is 2.86 bits per heavy atom. The van der Waals surface area contributed by atoms with Gasteiger partial charge in [-0.25, -0.2) is 4.79 Å². The highest BCUT2D eigenvalue weighted by molar-refractivity contribution is 6.05. The number of H-pyrrole nitrogens is 1. The Balaban J connectivity index is 1.31. The zero-order valence-corrected chi connectivity index (χ0v) is 15.7. The summed E-state index contributed by atoms with van der Waals surface area (Å²) in [4.78, 5) is 45.3. The molecule has 1 aliphatic heterocycles. The molecule has 1 fully saturated rings. The second kappa shape index (κ2) is 8.14. The Hall–Kier alpha value is -3.68. The van der Waals surface area contributed by atoms with E-state index in [-0.39, 0.29) is 24.8 Å². The van der Waals surface area contributed by atoms with E-state index in [4.69, 9.17) is 0 Å². The minimum absolute atomic E-state index is 0.0889. The fourth-order valence-corrected chi connectivity index (χ4v) is 3.46. The molecule has 1 saturated heterocycles. The van der Waals surface area contributed by atoms with Gasteiger partial charge in [-0.15, -0.1) is 0 Å². The molecule has 3 heterocycles. The van der Waals surface area contributed by atoms with Crippen LogP contribution in [-0.2, 0) is 22.6 Å². The molecule has 148 valence electrons. The van der Waals surface area contributed by atoms with E-state index in [1.807, 2.05) is 36.5 Å². The van der Waals surface area contributed by atoms with Crippen LogP contribution in [0, 0.1) is 0 Å². The predicted molar refractivity (Wildman–Crippen MR) is 107 cm³/mol. The van der Waals surface area contributed by atoms with Crippen LogP contribution in [0.3, 0.4) is 0 Å². The average molecular weight is 391 g/mol. The molecule has 1 unspecified atom stereocenters. The van der Waals surface area contributed by atoms with Gasteiger partial charge >= 0.3 is 6.03 Å². The van der Waals surface area contributed by atoms with Crippen molar-refractivity contribution >= 4 is 28.7 Å². The van der Waals surface area contributed by atoms with E-state index in [1.165, 1.54) is 4.90 Å². The molecule has 3 aromatic rings. The van der Waals surface area contributed by atoms with Gasteiger partial charge in [0, 0.05) is 42.6 Å². The maximum absolute atomic E-state index is 12.6. The molecule has 8 heteroatoms. The van der Waals surface area contributed by atoms with Crippen LogP contribution in [0.5, 0.6) is 0 Å². The molecule has 3 N–H and O–H groups in total. The van der Waals surface area contributed by atoms with E-state index < -0.39 is 12.1 Å². The molecule has 1 aromatic carbocycles. The van der Waals surface area contributed by atoms with E-state index in [0.717, 1.165) is 22.0 Å². The van der Waals surface area contributed by atoms with Gasteiger partial charge in [0.05, 0.1) is 6.42 Å². The Kier molecular flexibility index (Phi) is 5.24. The van der Waals surface area contributed by atoms with Crippen LogP contribution in [-0.4, -0.2) is 45.3 Å². The number of aromatic amines is 1. The number of urea groups is 1. The topological polar surface area (TPSA) is 107 Å². The molecule has 0 spiro atoms. The molecular weight excluding hydrogens is 370 g/mol. The van der Waals surface area contributed by atoms with E-state index in [0.29, 0.717) is 13.0 Å². The fraction of sp³-hybridized carbons (Fsp3) is 0.238. The minimum Gasteiger partial charge on any atom is -0.361 e. The summed E-state index contributed by atoms with van der Waals surface area (Å²) in [5.74, 6) is -0.669. The molecule has 29 heavy (non-hydrogen) atoms. The molecule has 1 atom stereocenters. The number of para-hydroxylation sites is 1. The summed E-state index contributed by atoms with van der Waals surface area (Å²) in [7, 11) is 0. The third kappa shape index (κ3) is 4.11. The molecule has 0 radical (unpaired) electrons. The lowest BCUT2D eigenvalue weighted by Crippen LogP contribution is -2.36. The lowest BCUT2D eigenvalue weighted by Gasteiger charge is -2.12. The lowest BCUT2D eigenvalue weighted by molar-refractivity contribution is -0.130. The van der Waals surface area contributed by atoms with Crippen molar-refractivity contribution in [2.75, 3.05) is 6.54 Å². The van der Waals surface area contributed by atoms with Gasteiger partial charge < -0.3 is 15.6 Å². The van der Waals surface area contributed by atoms with E-state index in [2.05, 4.69) is 20.6 Å². The third-order valence-electron chi connectivity index (χ3n) is 4.99. The van der Waals surface area contributed by atoms with Gasteiger partial charge in [0.2, 0.25) is 5.91 Å². The minimum atomic E-state index is -0.834. The van der Waals surface area contributed by atoms with E-state index in [1.54, 1.807) is 18.5 Å². The summed E-state index contributed by atoms with van der Waals surface area (Å²) in [6, 6.07) is 10.2. The molecule has 2 aromatic heterocycles. The second-order valence-electron chi connectivity index (χ2n) is 6.94. The quantitative estimate of drug-likeness (QED) is 0.533. The molecule has 1 aliphatic rings. The Labute approximate surface area is 167 Å². The van der Waals surface area contributed by atoms with Crippen molar-refractivity contribution in [1.29, 1.82) is 0 Å². The molecule has 4 amide bonds. The van der Waals surface area contributed by atoms with Crippen molar-refractivity contribution in [3.8, 4) is 0 Å². The highest BCUT2D eigenvalue weighted by Crippen LogP contribution is 2.19. The van der Waals surface area contributed by atoms with Gasteiger partial charge in [-0.3, -0.25) is 19.5 Å². The molecule has 4 rings (SSSR count). The molecule has 8 nitrogen and oxygen atoms in total. The van der Waals surface area contributed by atoms with Crippen molar-refractivity contribution in [1.82, 2.24) is 25.5 Å². The van der Waals surface area contributed by atoms with Crippen molar-refractivity contribution in [3.05, 3.63) is 66.1 Å². The monoisotopic (exact) mass is 391 g/mol. The van der Waals surface area contributed by atoms with Gasteiger partial charge in [0.25, 0.3) is 5.91 Å². The zero-order valence-electron chi connectivity index (χ0n) is 15.7. The van der Waals surface area contributed by atoms with Crippen molar-refractivity contribution < 1.29 is 14.4 Å². The first-order chi connectivity index (χ1) is 14.1. The number of nitrogens with one attached hydrogen (secondary N) is 3. The molecule has 0 saturated carbocycles. The van der Waals surface area contributed by atoms with Crippen LogP contribution in [0.15, 0.2) is 55.0 Å². The smallest absolute Gasteiger partial charge is 0.324 e. The number of hydrogen-bond donors (Lipinski definition) is 3. The van der Waals surface area contributed by atoms with Crippen LogP contribution < -0.4 is 10.6 Å². The fourth-order valence-electron chi connectivity index (χ4n) is 3.46. The van der Waals surface area contributed by atoms with Crippen molar-refractivity contribution in [3.63, 3.8) is 0 Å². The highest BCUT2D eigenvalue weighted by atomic mass is 16.2. The normalized spacial score (nSPS) is 16.3. The van der Waals surface area contributed by atoms with Gasteiger partial charge in [0.1, 0.15) is 6.04 Å². The van der Waals surface area contributed by atoms with Gasteiger partial charge in [-0.05, 0) is 29.7 Å². The number of nitrogens with zero attached hydrogens (tertiary/aromatic N) is 2. The Morgan fingerprint density at radius 2 is 2.03 bits per heavy atom. The first-order valence-corrected chi connectivity index (χ1v) is 9.44. The number of rotatable bonds is 7. The van der Waals surface area contributed by atoms with E-state index in [9.17, 15) is 14.4 Å². The molecule has 0 aliphatic carbocycles. The first kappa shape index (κ1) is 18.7. The largest absolute Gasteiger partial charge is 0.361 e. The summed E-state index contributed by atoms with van der Waals surface area (Å²) >= 11 is 0. The number of hydrogen-bond acceptors (Lipinski definition) is 4. The second-order valence-corrected chi connectivity index (χ2v) is 6.94. The van der Waals surface area contributed by atoms with E-state index >= 15 is 0 Å². The van der Waals surface area contributed by atoms with Gasteiger partial charge in [-0.2, -0.15) is 0 Å². The highest BCUT2D eigenvalue weighted by Gasteiger charge is 2.38. The number of pyridine rings is 1. The number of imide groups is 1. The van der Waals surface area contributed by atoms with Crippen LogP contribution in [0.4, 0.5) is 4.79 Å². The number of carbonyl (C=O) groups excluding carboxylic acids is 3. The molecular formula is C21H21N5O3. The summed E-state index contributed by atoms with van der Waals surface area (Å²) < 4.78 is 0.